The summed E-state index contributed by atoms with van der Waals surface area (Å²) in [4.78, 5) is 4.00. The minimum absolute atomic E-state index is 0.623. The summed E-state index contributed by atoms with van der Waals surface area (Å²) in [5, 5.41) is 0.623. The topological polar surface area (TPSA) is 12.9 Å². The molecule has 1 heterocycles. The molecule has 0 spiro atoms. The molecule has 0 saturated carbocycles. The molecule has 0 saturated heterocycles. The molecule has 0 unspecified atom stereocenters. The standard InChI is InChI=1S/C7H5BrClN/c1-2-7-6(8)3-5(9)4-10-7/h2-4H,1H2. The van der Waals surface area contributed by atoms with Crippen LogP contribution >= 0.6 is 27.5 Å². The van der Waals surface area contributed by atoms with Gasteiger partial charge >= 0.3 is 0 Å². The van der Waals surface area contributed by atoms with E-state index in [1.165, 1.54) is 0 Å². The molecule has 52 valence electrons. The largest absolute Gasteiger partial charge is 0.254 e. The Balaban J connectivity index is 3.19. The molecular formula is C7H5BrClN. The normalized spacial score (nSPS) is 9.40. The fraction of sp³-hybridized carbons (Fsp3) is 0. The molecule has 0 atom stereocenters. The zero-order valence-corrected chi connectivity index (χ0v) is 7.48. The number of rotatable bonds is 1. The Hall–Kier alpha value is -0.340. The first-order chi connectivity index (χ1) is 4.74. The lowest BCUT2D eigenvalue weighted by Gasteiger charge is -1.95. The van der Waals surface area contributed by atoms with E-state index in [-0.39, 0.29) is 0 Å². The van der Waals surface area contributed by atoms with Gasteiger partial charge in [-0.25, -0.2) is 0 Å². The second kappa shape index (κ2) is 3.17. The molecular weight excluding hydrogens is 213 g/mol. The molecule has 1 aromatic heterocycles. The van der Waals surface area contributed by atoms with Gasteiger partial charge in [-0.3, -0.25) is 4.98 Å². The molecule has 0 aliphatic carbocycles. The van der Waals surface area contributed by atoms with Crippen molar-refractivity contribution in [3.05, 3.63) is 34.0 Å². The monoisotopic (exact) mass is 217 g/mol. The number of hydrogen-bond acceptors (Lipinski definition) is 1. The summed E-state index contributed by atoms with van der Waals surface area (Å²) < 4.78 is 0.870. The quantitative estimate of drug-likeness (QED) is 0.706. The SMILES string of the molecule is C=Cc1ncc(Cl)cc1Br. The van der Waals surface area contributed by atoms with Crippen molar-refractivity contribution in [1.29, 1.82) is 0 Å². The number of nitrogens with zero attached hydrogens (tertiary/aromatic N) is 1. The molecule has 1 rings (SSSR count). The third kappa shape index (κ3) is 1.58. The van der Waals surface area contributed by atoms with Gasteiger partial charge in [0, 0.05) is 10.7 Å². The summed E-state index contributed by atoms with van der Waals surface area (Å²) in [5.74, 6) is 0. The van der Waals surface area contributed by atoms with Gasteiger partial charge in [-0.1, -0.05) is 18.2 Å². The molecule has 0 aliphatic heterocycles. The number of pyridine rings is 1. The van der Waals surface area contributed by atoms with E-state index in [4.69, 9.17) is 11.6 Å². The first-order valence-corrected chi connectivity index (χ1v) is 3.84. The number of halogens is 2. The van der Waals surface area contributed by atoms with Gasteiger partial charge < -0.3 is 0 Å². The maximum Gasteiger partial charge on any atom is 0.0766 e. The van der Waals surface area contributed by atoms with E-state index in [0.29, 0.717) is 5.02 Å². The van der Waals surface area contributed by atoms with Gasteiger partial charge in [0.2, 0.25) is 0 Å². The Bertz CT molecular complexity index is 260. The summed E-state index contributed by atoms with van der Waals surface area (Å²) in [7, 11) is 0. The lowest BCUT2D eigenvalue weighted by molar-refractivity contribution is 1.28. The Morgan fingerprint density at radius 2 is 2.40 bits per heavy atom. The molecule has 0 aliphatic rings. The van der Waals surface area contributed by atoms with E-state index in [1.54, 1.807) is 18.3 Å². The molecule has 0 amide bonds. The van der Waals surface area contributed by atoms with Crippen molar-refractivity contribution in [2.24, 2.45) is 0 Å². The Morgan fingerprint density at radius 1 is 1.70 bits per heavy atom. The molecule has 1 nitrogen and oxygen atoms in total. The highest BCUT2D eigenvalue weighted by Gasteiger charge is 1.96. The van der Waals surface area contributed by atoms with Crippen LogP contribution in [0.3, 0.4) is 0 Å². The maximum atomic E-state index is 5.65. The van der Waals surface area contributed by atoms with Crippen molar-refractivity contribution < 1.29 is 0 Å². The van der Waals surface area contributed by atoms with Gasteiger partial charge in [0.05, 0.1) is 10.7 Å². The van der Waals surface area contributed by atoms with Crippen LogP contribution in [-0.2, 0) is 0 Å². The van der Waals surface area contributed by atoms with Crippen LogP contribution in [0.1, 0.15) is 5.69 Å². The highest BCUT2D eigenvalue weighted by molar-refractivity contribution is 9.10. The zero-order chi connectivity index (χ0) is 7.56. The van der Waals surface area contributed by atoms with Gasteiger partial charge in [0.1, 0.15) is 0 Å². The van der Waals surface area contributed by atoms with Crippen LogP contribution in [0.15, 0.2) is 23.3 Å². The molecule has 1 aromatic rings. The smallest absolute Gasteiger partial charge is 0.0766 e. The minimum atomic E-state index is 0.623. The molecule has 0 bridgehead atoms. The fourth-order valence-corrected chi connectivity index (χ4v) is 1.38. The molecule has 0 aromatic carbocycles. The first-order valence-electron chi connectivity index (χ1n) is 2.67. The van der Waals surface area contributed by atoms with E-state index < -0.39 is 0 Å². The van der Waals surface area contributed by atoms with Crippen molar-refractivity contribution in [1.82, 2.24) is 4.98 Å². The van der Waals surface area contributed by atoms with Gasteiger partial charge in [-0.15, -0.1) is 0 Å². The summed E-state index contributed by atoms with van der Waals surface area (Å²) in [5.41, 5.74) is 0.810. The van der Waals surface area contributed by atoms with E-state index in [2.05, 4.69) is 27.5 Å². The summed E-state index contributed by atoms with van der Waals surface area (Å²) in [6.45, 7) is 3.59. The summed E-state index contributed by atoms with van der Waals surface area (Å²) >= 11 is 8.94. The lowest BCUT2D eigenvalue weighted by atomic mass is 10.3. The minimum Gasteiger partial charge on any atom is -0.254 e. The molecule has 10 heavy (non-hydrogen) atoms. The van der Waals surface area contributed by atoms with E-state index in [1.807, 2.05) is 0 Å². The van der Waals surface area contributed by atoms with Gasteiger partial charge in [0.25, 0.3) is 0 Å². The Morgan fingerprint density at radius 3 is 2.90 bits per heavy atom. The van der Waals surface area contributed by atoms with Crippen molar-refractivity contribution in [2.75, 3.05) is 0 Å². The third-order valence-corrected chi connectivity index (χ3v) is 1.87. The van der Waals surface area contributed by atoms with Crippen LogP contribution in [0.5, 0.6) is 0 Å². The zero-order valence-electron chi connectivity index (χ0n) is 5.14. The molecule has 3 heteroatoms. The number of aromatic nitrogens is 1. The second-order valence-corrected chi connectivity index (χ2v) is 3.02. The van der Waals surface area contributed by atoms with E-state index in [0.717, 1.165) is 10.2 Å². The van der Waals surface area contributed by atoms with Crippen LogP contribution in [0.25, 0.3) is 6.08 Å². The van der Waals surface area contributed by atoms with Crippen molar-refractivity contribution in [3.63, 3.8) is 0 Å². The number of hydrogen-bond donors (Lipinski definition) is 0. The summed E-state index contributed by atoms with van der Waals surface area (Å²) in [6.07, 6.45) is 3.25. The average Bonchev–Trinajstić information content (AvgIpc) is 1.88. The molecule has 0 fully saturated rings. The van der Waals surface area contributed by atoms with Crippen LogP contribution in [0.2, 0.25) is 5.02 Å². The Kier molecular flexibility index (Phi) is 2.46. The van der Waals surface area contributed by atoms with Crippen molar-refractivity contribution in [3.8, 4) is 0 Å². The van der Waals surface area contributed by atoms with Crippen LogP contribution < -0.4 is 0 Å². The highest BCUT2D eigenvalue weighted by atomic mass is 79.9. The highest BCUT2D eigenvalue weighted by Crippen LogP contribution is 2.19. The summed E-state index contributed by atoms with van der Waals surface area (Å²) in [6, 6.07) is 1.78. The van der Waals surface area contributed by atoms with E-state index >= 15 is 0 Å². The molecule has 0 radical (unpaired) electrons. The lowest BCUT2D eigenvalue weighted by Crippen LogP contribution is -1.80. The first kappa shape index (κ1) is 7.76. The predicted molar refractivity (Wildman–Crippen MR) is 47.0 cm³/mol. The predicted octanol–water partition coefficient (Wildman–Crippen LogP) is 3.14. The Labute approximate surface area is 72.9 Å². The van der Waals surface area contributed by atoms with Crippen LogP contribution in [0, 0.1) is 0 Å². The third-order valence-electron chi connectivity index (χ3n) is 1.03. The van der Waals surface area contributed by atoms with Gasteiger partial charge in [0.15, 0.2) is 0 Å². The van der Waals surface area contributed by atoms with Gasteiger partial charge in [-0.05, 0) is 28.1 Å². The van der Waals surface area contributed by atoms with Crippen molar-refractivity contribution in [2.45, 2.75) is 0 Å². The second-order valence-electron chi connectivity index (χ2n) is 1.72. The van der Waals surface area contributed by atoms with E-state index in [9.17, 15) is 0 Å². The fourth-order valence-electron chi connectivity index (χ4n) is 0.575. The van der Waals surface area contributed by atoms with Crippen LogP contribution in [-0.4, -0.2) is 4.98 Å². The maximum absolute atomic E-state index is 5.65. The van der Waals surface area contributed by atoms with Crippen LogP contribution in [0.4, 0.5) is 0 Å². The molecule has 0 N–H and O–H groups in total. The van der Waals surface area contributed by atoms with Crippen molar-refractivity contribution >= 4 is 33.6 Å². The average molecular weight is 218 g/mol. The van der Waals surface area contributed by atoms with Gasteiger partial charge in [-0.2, -0.15) is 0 Å².